The first-order chi connectivity index (χ1) is 12.6. The monoisotopic (exact) mass is 398 g/mol. The van der Waals surface area contributed by atoms with E-state index >= 15 is 0 Å². The van der Waals surface area contributed by atoms with Gasteiger partial charge in [-0.25, -0.2) is 30.7 Å². The van der Waals surface area contributed by atoms with Gasteiger partial charge in [-0.1, -0.05) is 29.8 Å². The number of benzene rings is 2. The summed E-state index contributed by atoms with van der Waals surface area (Å²) >= 11 is 0. The Morgan fingerprint density at radius 3 is 2.04 bits per heavy atom. The zero-order valence-electron chi connectivity index (χ0n) is 14.2. The highest BCUT2D eigenvalue weighted by Crippen LogP contribution is 2.30. The standard InChI is InChI=1S/C18H14F4N2O2S/c1-10-3-5-11(6-4-10)16-9-15(18(21)22)23-24(16)12-7-13(19)17(14(20)8-12)27(2,25)26/h3-9,18H,1-2H3. The van der Waals surface area contributed by atoms with Gasteiger partial charge < -0.3 is 0 Å². The van der Waals surface area contributed by atoms with Crippen molar-refractivity contribution in [3.63, 3.8) is 0 Å². The Balaban J connectivity index is 2.24. The van der Waals surface area contributed by atoms with Crippen LogP contribution in [0.2, 0.25) is 0 Å². The molecule has 0 N–H and O–H groups in total. The number of rotatable bonds is 4. The molecule has 1 heterocycles. The van der Waals surface area contributed by atoms with Gasteiger partial charge in [0, 0.05) is 24.0 Å². The van der Waals surface area contributed by atoms with E-state index in [4.69, 9.17) is 0 Å². The van der Waals surface area contributed by atoms with Gasteiger partial charge in [0.15, 0.2) is 9.84 Å². The van der Waals surface area contributed by atoms with Gasteiger partial charge in [-0.15, -0.1) is 0 Å². The van der Waals surface area contributed by atoms with Crippen LogP contribution in [0.25, 0.3) is 16.9 Å². The highest BCUT2D eigenvalue weighted by molar-refractivity contribution is 7.90. The lowest BCUT2D eigenvalue weighted by Crippen LogP contribution is -2.08. The van der Waals surface area contributed by atoms with Crippen LogP contribution in [0, 0.1) is 18.6 Å². The third kappa shape index (κ3) is 3.73. The first kappa shape index (κ1) is 19.1. The molecule has 0 fully saturated rings. The maximum atomic E-state index is 14.2. The smallest absolute Gasteiger partial charge is 0.232 e. The van der Waals surface area contributed by atoms with E-state index < -0.39 is 38.5 Å². The number of halogens is 4. The Labute approximate surface area is 153 Å². The summed E-state index contributed by atoms with van der Waals surface area (Å²) in [4.78, 5) is -1.08. The number of alkyl halides is 2. The summed E-state index contributed by atoms with van der Waals surface area (Å²) < 4.78 is 78.8. The fraction of sp³-hybridized carbons (Fsp3) is 0.167. The zero-order valence-corrected chi connectivity index (χ0v) is 15.1. The number of hydrogen-bond donors (Lipinski definition) is 0. The number of aromatic nitrogens is 2. The molecule has 0 bridgehead atoms. The molecule has 0 aliphatic rings. The largest absolute Gasteiger partial charge is 0.282 e. The molecule has 0 aliphatic carbocycles. The van der Waals surface area contributed by atoms with Crippen LogP contribution in [0.1, 0.15) is 17.7 Å². The molecule has 0 saturated carbocycles. The Morgan fingerprint density at radius 1 is 1.00 bits per heavy atom. The number of sulfone groups is 1. The molecule has 1 aromatic heterocycles. The van der Waals surface area contributed by atoms with Crippen LogP contribution in [-0.4, -0.2) is 24.5 Å². The maximum absolute atomic E-state index is 14.2. The lowest BCUT2D eigenvalue weighted by atomic mass is 10.1. The highest BCUT2D eigenvalue weighted by atomic mass is 32.2. The van der Waals surface area contributed by atoms with Crippen LogP contribution < -0.4 is 0 Å². The second-order valence-corrected chi connectivity index (χ2v) is 8.00. The third-order valence-corrected chi connectivity index (χ3v) is 5.03. The van der Waals surface area contributed by atoms with Crippen molar-refractivity contribution < 1.29 is 26.0 Å². The first-order valence-corrected chi connectivity index (χ1v) is 9.61. The SMILES string of the molecule is Cc1ccc(-c2cc(C(F)F)nn2-c2cc(F)c(S(C)(=O)=O)c(F)c2)cc1. The summed E-state index contributed by atoms with van der Waals surface area (Å²) in [5, 5.41) is 3.74. The van der Waals surface area contributed by atoms with Gasteiger partial charge in [0.1, 0.15) is 22.2 Å². The minimum Gasteiger partial charge on any atom is -0.232 e. The molecule has 0 saturated heterocycles. The summed E-state index contributed by atoms with van der Waals surface area (Å²) in [6.45, 7) is 1.85. The molecule has 2 aromatic carbocycles. The highest BCUT2D eigenvalue weighted by Gasteiger charge is 2.23. The summed E-state index contributed by atoms with van der Waals surface area (Å²) in [6.07, 6.45) is -2.21. The Hall–Kier alpha value is -2.68. The molecular formula is C18H14F4N2O2S. The summed E-state index contributed by atoms with van der Waals surface area (Å²) in [6, 6.07) is 9.45. The molecule has 0 radical (unpaired) electrons. The molecule has 0 spiro atoms. The molecule has 0 aliphatic heterocycles. The van der Waals surface area contributed by atoms with Gasteiger partial charge in [0.2, 0.25) is 0 Å². The van der Waals surface area contributed by atoms with Crippen LogP contribution in [0.15, 0.2) is 47.4 Å². The van der Waals surface area contributed by atoms with E-state index in [9.17, 15) is 26.0 Å². The lowest BCUT2D eigenvalue weighted by molar-refractivity contribution is 0.145. The molecule has 4 nitrogen and oxygen atoms in total. The number of nitrogens with zero attached hydrogens (tertiary/aromatic N) is 2. The second-order valence-electron chi connectivity index (χ2n) is 6.04. The molecule has 3 aromatic rings. The Kier molecular flexibility index (Phi) is 4.81. The van der Waals surface area contributed by atoms with Crippen molar-refractivity contribution >= 4 is 9.84 Å². The summed E-state index contributed by atoms with van der Waals surface area (Å²) in [5.41, 5.74) is 0.858. The number of hydrogen-bond acceptors (Lipinski definition) is 3. The van der Waals surface area contributed by atoms with Crippen molar-refractivity contribution in [2.24, 2.45) is 0 Å². The molecule has 142 valence electrons. The van der Waals surface area contributed by atoms with Crippen LogP contribution in [0.3, 0.4) is 0 Å². The second kappa shape index (κ2) is 6.80. The van der Waals surface area contributed by atoms with Crippen LogP contribution in [-0.2, 0) is 9.84 Å². The average molecular weight is 398 g/mol. The normalized spacial score (nSPS) is 12.0. The van der Waals surface area contributed by atoms with E-state index in [1.807, 2.05) is 6.92 Å². The van der Waals surface area contributed by atoms with Crippen molar-refractivity contribution in [3.05, 3.63) is 65.4 Å². The molecule has 0 amide bonds. The number of aryl methyl sites for hydroxylation is 1. The topological polar surface area (TPSA) is 52.0 Å². The van der Waals surface area contributed by atoms with E-state index in [0.29, 0.717) is 11.8 Å². The van der Waals surface area contributed by atoms with Crippen molar-refractivity contribution in [1.29, 1.82) is 0 Å². The molecular weight excluding hydrogens is 384 g/mol. The first-order valence-electron chi connectivity index (χ1n) is 7.72. The van der Waals surface area contributed by atoms with Gasteiger partial charge in [-0.05, 0) is 13.0 Å². The predicted octanol–water partition coefficient (Wildman–Crippen LogP) is 4.47. The fourth-order valence-electron chi connectivity index (χ4n) is 2.66. The van der Waals surface area contributed by atoms with Gasteiger partial charge in [0.05, 0.1) is 11.4 Å². The van der Waals surface area contributed by atoms with E-state index in [0.717, 1.165) is 28.4 Å². The minimum atomic E-state index is -4.14. The molecule has 27 heavy (non-hydrogen) atoms. The Morgan fingerprint density at radius 2 is 1.56 bits per heavy atom. The molecule has 3 rings (SSSR count). The predicted molar refractivity (Wildman–Crippen MR) is 91.7 cm³/mol. The van der Waals surface area contributed by atoms with Gasteiger partial charge in [0.25, 0.3) is 6.43 Å². The molecule has 0 atom stereocenters. The third-order valence-electron chi connectivity index (χ3n) is 3.90. The fourth-order valence-corrected chi connectivity index (χ4v) is 3.48. The van der Waals surface area contributed by atoms with Gasteiger partial charge >= 0.3 is 0 Å². The van der Waals surface area contributed by atoms with Crippen molar-refractivity contribution in [3.8, 4) is 16.9 Å². The molecule has 9 heteroatoms. The van der Waals surface area contributed by atoms with Crippen molar-refractivity contribution in [2.45, 2.75) is 18.2 Å². The average Bonchev–Trinajstić information content (AvgIpc) is 2.99. The van der Waals surface area contributed by atoms with Gasteiger partial charge in [-0.2, -0.15) is 5.10 Å². The minimum absolute atomic E-state index is 0.191. The summed E-state index contributed by atoms with van der Waals surface area (Å²) in [5.74, 6) is -2.65. The summed E-state index contributed by atoms with van der Waals surface area (Å²) in [7, 11) is -4.14. The van der Waals surface area contributed by atoms with Crippen LogP contribution in [0.5, 0.6) is 0 Å². The van der Waals surface area contributed by atoms with Crippen LogP contribution in [0.4, 0.5) is 17.6 Å². The van der Waals surface area contributed by atoms with Crippen LogP contribution >= 0.6 is 0 Å². The quantitative estimate of drug-likeness (QED) is 0.610. The van der Waals surface area contributed by atoms with Crippen molar-refractivity contribution in [1.82, 2.24) is 9.78 Å². The molecule has 0 unspecified atom stereocenters. The van der Waals surface area contributed by atoms with Crippen molar-refractivity contribution in [2.75, 3.05) is 6.26 Å². The van der Waals surface area contributed by atoms with E-state index in [2.05, 4.69) is 5.10 Å². The van der Waals surface area contributed by atoms with E-state index in [1.54, 1.807) is 24.3 Å². The zero-order chi connectivity index (χ0) is 19.9. The maximum Gasteiger partial charge on any atom is 0.282 e. The lowest BCUT2D eigenvalue weighted by Gasteiger charge is -2.10. The Bertz CT molecular complexity index is 1080. The van der Waals surface area contributed by atoms with Gasteiger partial charge in [-0.3, -0.25) is 0 Å². The van der Waals surface area contributed by atoms with E-state index in [-0.39, 0.29) is 11.4 Å². The van der Waals surface area contributed by atoms with E-state index in [1.165, 1.54) is 0 Å².